The highest BCUT2D eigenvalue weighted by Crippen LogP contribution is 1.92. The Morgan fingerprint density at radius 1 is 1.50 bits per heavy atom. The SMILES string of the molecule is CCCC=NOCC(C)C. The molecule has 0 aromatic carbocycles. The van der Waals surface area contributed by atoms with Crippen LogP contribution in [0.3, 0.4) is 0 Å². The molecule has 0 rings (SSSR count). The molecule has 0 radical (unpaired) electrons. The standard InChI is InChI=1S/C8H17NO/c1-4-5-6-9-10-7-8(2)3/h6,8H,4-5,7H2,1-3H3. The monoisotopic (exact) mass is 143 g/mol. The first kappa shape index (κ1) is 9.47. The van der Waals surface area contributed by atoms with E-state index in [0.717, 1.165) is 19.4 Å². The Bertz CT molecular complexity index is 89.3. The minimum Gasteiger partial charge on any atom is -0.396 e. The van der Waals surface area contributed by atoms with Gasteiger partial charge in [0.25, 0.3) is 0 Å². The van der Waals surface area contributed by atoms with Gasteiger partial charge in [0.15, 0.2) is 0 Å². The zero-order chi connectivity index (χ0) is 7.82. The molecule has 0 aliphatic heterocycles. The lowest BCUT2D eigenvalue weighted by atomic mass is 10.2. The van der Waals surface area contributed by atoms with Gasteiger partial charge in [0.2, 0.25) is 0 Å². The van der Waals surface area contributed by atoms with E-state index in [1.165, 1.54) is 0 Å². The van der Waals surface area contributed by atoms with Gasteiger partial charge >= 0.3 is 0 Å². The lowest BCUT2D eigenvalue weighted by Gasteiger charge is -2.00. The quantitative estimate of drug-likeness (QED) is 0.428. The maximum atomic E-state index is 4.97. The van der Waals surface area contributed by atoms with Gasteiger partial charge in [-0.15, -0.1) is 0 Å². The first-order valence-electron chi connectivity index (χ1n) is 3.91. The van der Waals surface area contributed by atoms with Gasteiger partial charge in [-0.05, 0) is 12.3 Å². The summed E-state index contributed by atoms with van der Waals surface area (Å²) in [5, 5.41) is 3.78. The first-order valence-corrected chi connectivity index (χ1v) is 3.91. The van der Waals surface area contributed by atoms with Gasteiger partial charge in [-0.1, -0.05) is 32.3 Å². The van der Waals surface area contributed by atoms with Crippen LogP contribution in [0.15, 0.2) is 5.16 Å². The summed E-state index contributed by atoms with van der Waals surface area (Å²) in [5.74, 6) is 0.568. The second kappa shape index (κ2) is 6.59. The topological polar surface area (TPSA) is 21.6 Å². The van der Waals surface area contributed by atoms with Crippen molar-refractivity contribution in [2.75, 3.05) is 6.61 Å². The molecule has 0 fully saturated rings. The van der Waals surface area contributed by atoms with Crippen molar-refractivity contribution in [2.24, 2.45) is 11.1 Å². The third-order valence-corrected chi connectivity index (χ3v) is 0.975. The van der Waals surface area contributed by atoms with Gasteiger partial charge in [-0.2, -0.15) is 0 Å². The fraction of sp³-hybridized carbons (Fsp3) is 0.875. The van der Waals surface area contributed by atoms with E-state index in [1.807, 2.05) is 6.21 Å². The maximum Gasteiger partial charge on any atom is 0.119 e. The van der Waals surface area contributed by atoms with E-state index < -0.39 is 0 Å². The molecule has 60 valence electrons. The zero-order valence-corrected chi connectivity index (χ0v) is 7.13. The van der Waals surface area contributed by atoms with Crippen molar-refractivity contribution < 1.29 is 4.84 Å². The molecule has 0 spiro atoms. The van der Waals surface area contributed by atoms with Crippen LogP contribution in [0.1, 0.15) is 33.6 Å². The van der Waals surface area contributed by atoms with Crippen LogP contribution in [0.4, 0.5) is 0 Å². The number of hydrogen-bond acceptors (Lipinski definition) is 2. The third kappa shape index (κ3) is 7.47. The Kier molecular flexibility index (Phi) is 6.24. The molecule has 0 aromatic rings. The van der Waals surface area contributed by atoms with E-state index >= 15 is 0 Å². The summed E-state index contributed by atoms with van der Waals surface area (Å²) in [6, 6.07) is 0. The van der Waals surface area contributed by atoms with Crippen molar-refractivity contribution in [3.8, 4) is 0 Å². The smallest absolute Gasteiger partial charge is 0.119 e. The van der Waals surface area contributed by atoms with Crippen molar-refractivity contribution in [1.82, 2.24) is 0 Å². The molecule has 0 aliphatic rings. The second-order valence-electron chi connectivity index (χ2n) is 2.77. The predicted octanol–water partition coefficient (Wildman–Crippen LogP) is 2.44. The fourth-order valence-electron chi connectivity index (χ4n) is 0.427. The normalized spacial score (nSPS) is 11.2. The van der Waals surface area contributed by atoms with Crippen LogP contribution >= 0.6 is 0 Å². The van der Waals surface area contributed by atoms with E-state index in [9.17, 15) is 0 Å². The average Bonchev–Trinajstić information content (AvgIpc) is 1.87. The van der Waals surface area contributed by atoms with Crippen LogP contribution < -0.4 is 0 Å². The van der Waals surface area contributed by atoms with E-state index in [0.29, 0.717) is 5.92 Å². The Morgan fingerprint density at radius 3 is 2.70 bits per heavy atom. The molecular weight excluding hydrogens is 126 g/mol. The van der Waals surface area contributed by atoms with Crippen LogP contribution in [0.25, 0.3) is 0 Å². The van der Waals surface area contributed by atoms with Crippen LogP contribution in [-0.4, -0.2) is 12.8 Å². The van der Waals surface area contributed by atoms with Crippen molar-refractivity contribution in [3.05, 3.63) is 0 Å². The summed E-state index contributed by atoms with van der Waals surface area (Å²) in [7, 11) is 0. The lowest BCUT2D eigenvalue weighted by Crippen LogP contribution is -1.96. The molecule has 0 saturated carbocycles. The molecule has 0 N–H and O–H groups in total. The second-order valence-corrected chi connectivity index (χ2v) is 2.77. The molecule has 0 aromatic heterocycles. The van der Waals surface area contributed by atoms with Crippen molar-refractivity contribution >= 4 is 6.21 Å². The number of unbranched alkanes of at least 4 members (excludes halogenated alkanes) is 1. The number of nitrogens with zero attached hydrogens (tertiary/aromatic N) is 1. The van der Waals surface area contributed by atoms with Crippen molar-refractivity contribution in [3.63, 3.8) is 0 Å². The summed E-state index contributed by atoms with van der Waals surface area (Å²) >= 11 is 0. The summed E-state index contributed by atoms with van der Waals surface area (Å²) in [6.07, 6.45) is 3.97. The summed E-state index contributed by atoms with van der Waals surface area (Å²) in [6.45, 7) is 7.05. The average molecular weight is 143 g/mol. The molecule has 10 heavy (non-hydrogen) atoms. The van der Waals surface area contributed by atoms with Gasteiger partial charge in [-0.25, -0.2) is 0 Å². The largest absolute Gasteiger partial charge is 0.396 e. The van der Waals surface area contributed by atoms with Crippen molar-refractivity contribution in [2.45, 2.75) is 33.6 Å². The summed E-state index contributed by atoms with van der Waals surface area (Å²) in [4.78, 5) is 4.97. The van der Waals surface area contributed by atoms with Crippen molar-refractivity contribution in [1.29, 1.82) is 0 Å². The zero-order valence-electron chi connectivity index (χ0n) is 7.13. The van der Waals surface area contributed by atoms with Gasteiger partial charge in [-0.3, -0.25) is 0 Å². The maximum absolute atomic E-state index is 4.97. The Balaban J connectivity index is 3.02. The molecule has 0 aliphatic carbocycles. The molecule has 2 heteroatoms. The Hall–Kier alpha value is -0.530. The molecule has 0 atom stereocenters. The highest BCUT2D eigenvalue weighted by molar-refractivity contribution is 5.55. The summed E-state index contributed by atoms with van der Waals surface area (Å²) in [5.41, 5.74) is 0. The summed E-state index contributed by atoms with van der Waals surface area (Å²) < 4.78 is 0. The van der Waals surface area contributed by atoms with E-state index in [1.54, 1.807) is 0 Å². The predicted molar refractivity (Wildman–Crippen MR) is 44.2 cm³/mol. The van der Waals surface area contributed by atoms with Crippen LogP contribution in [0.5, 0.6) is 0 Å². The third-order valence-electron chi connectivity index (χ3n) is 0.975. The van der Waals surface area contributed by atoms with E-state index in [2.05, 4.69) is 25.9 Å². The molecule has 0 heterocycles. The molecule has 2 nitrogen and oxygen atoms in total. The highest BCUT2D eigenvalue weighted by Gasteiger charge is 1.89. The minimum atomic E-state index is 0.568. The molecule has 0 amide bonds. The number of hydrogen-bond donors (Lipinski definition) is 0. The van der Waals surface area contributed by atoms with Crippen LogP contribution in [0.2, 0.25) is 0 Å². The van der Waals surface area contributed by atoms with E-state index in [4.69, 9.17) is 4.84 Å². The Morgan fingerprint density at radius 2 is 2.20 bits per heavy atom. The lowest BCUT2D eigenvalue weighted by molar-refractivity contribution is 0.119. The molecule has 0 bridgehead atoms. The first-order chi connectivity index (χ1) is 4.77. The van der Waals surface area contributed by atoms with Gasteiger partial charge in [0.1, 0.15) is 6.61 Å². The van der Waals surface area contributed by atoms with E-state index in [-0.39, 0.29) is 0 Å². The number of oxime groups is 1. The number of rotatable bonds is 5. The minimum absolute atomic E-state index is 0.568. The fourth-order valence-corrected chi connectivity index (χ4v) is 0.427. The highest BCUT2D eigenvalue weighted by atomic mass is 16.6. The molecule has 0 unspecified atom stereocenters. The van der Waals surface area contributed by atoms with Crippen LogP contribution in [-0.2, 0) is 4.84 Å². The van der Waals surface area contributed by atoms with Crippen LogP contribution in [0, 0.1) is 5.92 Å². The molecular formula is C8H17NO. The van der Waals surface area contributed by atoms with Gasteiger partial charge in [0, 0.05) is 6.21 Å². The Labute approximate surface area is 63.3 Å². The van der Waals surface area contributed by atoms with Gasteiger partial charge in [0.05, 0.1) is 0 Å². The van der Waals surface area contributed by atoms with Gasteiger partial charge < -0.3 is 4.84 Å². The molecule has 0 saturated heterocycles.